The summed E-state index contributed by atoms with van der Waals surface area (Å²) in [7, 11) is 0. The number of hydrogen-bond donors (Lipinski definition) is 0. The first kappa shape index (κ1) is 17.7. The van der Waals surface area contributed by atoms with Crippen LogP contribution in [0.2, 0.25) is 0 Å². The van der Waals surface area contributed by atoms with Crippen LogP contribution < -0.4 is 4.74 Å². The van der Waals surface area contributed by atoms with Gasteiger partial charge in [-0.2, -0.15) is 0 Å². The first-order valence-corrected chi connectivity index (χ1v) is 9.56. The fourth-order valence-electron chi connectivity index (χ4n) is 3.66. The third kappa shape index (κ3) is 4.72. The minimum Gasteiger partial charge on any atom is -0.423 e. The molecule has 0 amide bonds. The first-order chi connectivity index (χ1) is 12.2. The van der Waals surface area contributed by atoms with Crippen LogP contribution in [0.25, 0.3) is 0 Å². The number of aryl methyl sites for hydroxylation is 2. The lowest BCUT2D eigenvalue weighted by atomic mass is 9.81. The highest BCUT2D eigenvalue weighted by molar-refractivity contribution is 5.91. The average molecular weight is 336 g/mol. The molecule has 3 rings (SSSR count). The van der Waals surface area contributed by atoms with Crippen molar-refractivity contribution in [3.63, 3.8) is 0 Å². The van der Waals surface area contributed by atoms with Crippen LogP contribution in [0.1, 0.15) is 66.1 Å². The van der Waals surface area contributed by atoms with E-state index >= 15 is 0 Å². The Labute approximate surface area is 151 Å². The van der Waals surface area contributed by atoms with E-state index in [4.69, 9.17) is 4.74 Å². The number of benzene rings is 2. The SMILES string of the molecule is CCCCCC1CCc2cc(C(=O)Oc3ccc(C)cc3)ccc2C1. The van der Waals surface area contributed by atoms with Crippen LogP contribution in [0, 0.1) is 12.8 Å². The maximum Gasteiger partial charge on any atom is 0.343 e. The van der Waals surface area contributed by atoms with Gasteiger partial charge in [-0.15, -0.1) is 0 Å². The van der Waals surface area contributed by atoms with Gasteiger partial charge in [0, 0.05) is 0 Å². The standard InChI is InChI=1S/C23H28O2/c1-3-4-5-6-18-9-10-20-16-21(12-11-19(20)15-18)23(24)25-22-13-7-17(2)8-14-22/h7-8,11-14,16,18H,3-6,9-10,15H2,1-2H3. The zero-order valence-electron chi connectivity index (χ0n) is 15.4. The Morgan fingerprint density at radius 3 is 2.64 bits per heavy atom. The van der Waals surface area contributed by atoms with Crippen LogP contribution in [0.5, 0.6) is 5.75 Å². The minimum absolute atomic E-state index is 0.267. The fourth-order valence-corrected chi connectivity index (χ4v) is 3.66. The van der Waals surface area contributed by atoms with Crippen molar-refractivity contribution in [1.82, 2.24) is 0 Å². The van der Waals surface area contributed by atoms with Crippen LogP contribution in [0.4, 0.5) is 0 Å². The number of esters is 1. The van der Waals surface area contributed by atoms with Gasteiger partial charge < -0.3 is 4.74 Å². The van der Waals surface area contributed by atoms with Crippen LogP contribution >= 0.6 is 0 Å². The number of fused-ring (bicyclic) bond motifs is 1. The summed E-state index contributed by atoms with van der Waals surface area (Å²) in [5, 5.41) is 0. The quantitative estimate of drug-likeness (QED) is 0.373. The van der Waals surface area contributed by atoms with Crippen molar-refractivity contribution in [2.75, 3.05) is 0 Å². The molecule has 1 aliphatic rings. The van der Waals surface area contributed by atoms with Crippen molar-refractivity contribution < 1.29 is 9.53 Å². The van der Waals surface area contributed by atoms with Gasteiger partial charge in [0.1, 0.15) is 5.75 Å². The number of hydrogen-bond acceptors (Lipinski definition) is 2. The molecule has 2 aromatic rings. The monoisotopic (exact) mass is 336 g/mol. The van der Waals surface area contributed by atoms with Crippen molar-refractivity contribution in [1.29, 1.82) is 0 Å². The molecular formula is C23H28O2. The fraction of sp³-hybridized carbons (Fsp3) is 0.435. The lowest BCUT2D eigenvalue weighted by Crippen LogP contribution is -2.16. The van der Waals surface area contributed by atoms with Gasteiger partial charge in [-0.05, 0) is 67.5 Å². The molecule has 0 bridgehead atoms. The molecule has 0 saturated heterocycles. The molecule has 0 spiro atoms. The molecule has 0 saturated carbocycles. The number of unbranched alkanes of at least 4 members (excludes halogenated alkanes) is 2. The molecule has 0 aliphatic heterocycles. The molecule has 1 atom stereocenters. The van der Waals surface area contributed by atoms with Crippen LogP contribution in [0.15, 0.2) is 42.5 Å². The van der Waals surface area contributed by atoms with E-state index in [1.165, 1.54) is 43.2 Å². The Morgan fingerprint density at radius 1 is 1.08 bits per heavy atom. The largest absolute Gasteiger partial charge is 0.423 e. The first-order valence-electron chi connectivity index (χ1n) is 9.56. The number of carbonyl (C=O) groups excluding carboxylic acids is 1. The molecule has 25 heavy (non-hydrogen) atoms. The van der Waals surface area contributed by atoms with E-state index in [0.29, 0.717) is 11.3 Å². The van der Waals surface area contributed by atoms with Gasteiger partial charge in [-0.3, -0.25) is 0 Å². The average Bonchev–Trinajstić information content (AvgIpc) is 2.63. The van der Waals surface area contributed by atoms with Crippen molar-refractivity contribution in [3.05, 3.63) is 64.7 Å². The van der Waals surface area contributed by atoms with Gasteiger partial charge >= 0.3 is 5.97 Å². The molecular weight excluding hydrogens is 308 g/mol. The molecule has 0 N–H and O–H groups in total. The van der Waals surface area contributed by atoms with Crippen LogP contribution in [0.3, 0.4) is 0 Å². The third-order valence-corrected chi connectivity index (χ3v) is 5.22. The van der Waals surface area contributed by atoms with Gasteiger partial charge in [0.2, 0.25) is 0 Å². The van der Waals surface area contributed by atoms with E-state index in [2.05, 4.69) is 13.0 Å². The normalized spacial score (nSPS) is 16.3. The molecule has 2 aromatic carbocycles. The summed E-state index contributed by atoms with van der Waals surface area (Å²) in [6.45, 7) is 4.28. The van der Waals surface area contributed by atoms with Crippen molar-refractivity contribution in [2.45, 2.75) is 58.8 Å². The predicted molar refractivity (Wildman–Crippen MR) is 102 cm³/mol. The Bertz CT molecular complexity index is 715. The Hall–Kier alpha value is -2.09. The molecule has 1 unspecified atom stereocenters. The number of ether oxygens (including phenoxy) is 1. The highest BCUT2D eigenvalue weighted by atomic mass is 16.5. The molecule has 2 nitrogen and oxygen atoms in total. The van der Waals surface area contributed by atoms with Gasteiger partial charge in [-0.1, -0.05) is 56.4 Å². The summed E-state index contributed by atoms with van der Waals surface area (Å²) in [5.41, 5.74) is 4.55. The summed E-state index contributed by atoms with van der Waals surface area (Å²) >= 11 is 0. The summed E-state index contributed by atoms with van der Waals surface area (Å²) in [4.78, 5) is 12.4. The van der Waals surface area contributed by atoms with Crippen LogP contribution in [-0.4, -0.2) is 5.97 Å². The lowest BCUT2D eigenvalue weighted by Gasteiger charge is -2.25. The summed E-state index contributed by atoms with van der Waals surface area (Å²) in [5.74, 6) is 1.14. The van der Waals surface area contributed by atoms with E-state index in [9.17, 15) is 4.79 Å². The van der Waals surface area contributed by atoms with Crippen molar-refractivity contribution in [3.8, 4) is 5.75 Å². The Morgan fingerprint density at radius 2 is 1.88 bits per heavy atom. The minimum atomic E-state index is -0.267. The Balaban J connectivity index is 1.63. The lowest BCUT2D eigenvalue weighted by molar-refractivity contribution is 0.0734. The van der Waals surface area contributed by atoms with Crippen LogP contribution in [-0.2, 0) is 12.8 Å². The molecule has 0 aromatic heterocycles. The topological polar surface area (TPSA) is 26.3 Å². The van der Waals surface area contributed by atoms with Crippen molar-refractivity contribution >= 4 is 5.97 Å². The van der Waals surface area contributed by atoms with Gasteiger partial charge in [0.15, 0.2) is 0 Å². The second-order valence-electron chi connectivity index (χ2n) is 7.29. The highest BCUT2D eigenvalue weighted by Crippen LogP contribution is 2.30. The van der Waals surface area contributed by atoms with Gasteiger partial charge in [0.25, 0.3) is 0 Å². The molecule has 2 heteroatoms. The van der Waals surface area contributed by atoms with E-state index < -0.39 is 0 Å². The predicted octanol–water partition coefficient (Wildman–Crippen LogP) is 5.90. The molecule has 132 valence electrons. The Kier molecular flexibility index (Phi) is 5.91. The van der Waals surface area contributed by atoms with Gasteiger partial charge in [-0.25, -0.2) is 4.79 Å². The summed E-state index contributed by atoms with van der Waals surface area (Å²) in [6, 6.07) is 13.7. The second kappa shape index (κ2) is 8.33. The third-order valence-electron chi connectivity index (χ3n) is 5.22. The molecule has 0 radical (unpaired) electrons. The van der Waals surface area contributed by atoms with E-state index in [1.54, 1.807) is 0 Å². The van der Waals surface area contributed by atoms with E-state index in [-0.39, 0.29) is 5.97 Å². The summed E-state index contributed by atoms with van der Waals surface area (Å²) in [6.07, 6.45) is 8.79. The van der Waals surface area contributed by atoms with Crippen molar-refractivity contribution in [2.24, 2.45) is 5.92 Å². The molecule has 0 fully saturated rings. The van der Waals surface area contributed by atoms with E-state index in [0.717, 1.165) is 24.3 Å². The summed E-state index contributed by atoms with van der Waals surface area (Å²) < 4.78 is 5.49. The maximum atomic E-state index is 12.4. The zero-order chi connectivity index (χ0) is 17.6. The molecule has 0 heterocycles. The second-order valence-corrected chi connectivity index (χ2v) is 7.29. The zero-order valence-corrected chi connectivity index (χ0v) is 15.4. The highest BCUT2D eigenvalue weighted by Gasteiger charge is 2.20. The molecule has 1 aliphatic carbocycles. The maximum absolute atomic E-state index is 12.4. The number of rotatable bonds is 6. The number of carbonyl (C=O) groups is 1. The van der Waals surface area contributed by atoms with E-state index in [1.807, 2.05) is 43.3 Å². The smallest absolute Gasteiger partial charge is 0.343 e. The van der Waals surface area contributed by atoms with Gasteiger partial charge in [0.05, 0.1) is 5.56 Å².